The molecule has 23 heavy (non-hydrogen) atoms. The number of nitrogens with zero attached hydrogens (tertiary/aromatic N) is 3. The predicted octanol–water partition coefficient (Wildman–Crippen LogP) is 2.19. The van der Waals surface area contributed by atoms with Crippen LogP contribution in [-0.2, 0) is 15.0 Å². The first-order valence-corrected chi connectivity index (χ1v) is 9.22. The second-order valence-electron chi connectivity index (χ2n) is 7.12. The van der Waals surface area contributed by atoms with Gasteiger partial charge in [-0.25, -0.2) is 4.98 Å². The summed E-state index contributed by atoms with van der Waals surface area (Å²) in [5.74, 6) is 2.58. The maximum absolute atomic E-state index is 5.57. The van der Waals surface area contributed by atoms with Crippen LogP contribution in [0.3, 0.4) is 0 Å². The largest absolute Gasteiger partial charge is 0.381 e. The van der Waals surface area contributed by atoms with Crippen molar-refractivity contribution in [3.05, 3.63) is 11.6 Å². The molecule has 0 spiro atoms. The molecule has 0 atom stereocenters. The van der Waals surface area contributed by atoms with Crippen LogP contribution in [0.15, 0.2) is 0 Å². The molecule has 4 rings (SSSR count). The average Bonchev–Trinajstić information content (AvgIpc) is 3.14. The lowest BCUT2D eigenvalue weighted by Crippen LogP contribution is -2.53. The molecule has 3 fully saturated rings. The predicted molar refractivity (Wildman–Crippen MR) is 86.3 cm³/mol. The van der Waals surface area contributed by atoms with E-state index >= 15 is 0 Å². The smallest absolute Gasteiger partial charge is 0.170 e. The fourth-order valence-electron chi connectivity index (χ4n) is 4.45. The van der Waals surface area contributed by atoms with E-state index in [1.165, 1.54) is 32.1 Å². The Morgan fingerprint density at radius 2 is 1.65 bits per heavy atom. The third-order valence-corrected chi connectivity index (χ3v) is 5.82. The molecule has 1 saturated carbocycles. The number of rotatable bonds is 3. The lowest BCUT2D eigenvalue weighted by Gasteiger charge is -2.46. The number of hydrogen-bond donors (Lipinski definition) is 1. The number of aromatic nitrogens is 3. The van der Waals surface area contributed by atoms with E-state index in [9.17, 15) is 0 Å². The quantitative estimate of drug-likeness (QED) is 0.925. The van der Waals surface area contributed by atoms with E-state index in [4.69, 9.17) is 19.6 Å². The van der Waals surface area contributed by atoms with Gasteiger partial charge in [-0.15, -0.1) is 0 Å². The molecule has 1 aliphatic carbocycles. The van der Waals surface area contributed by atoms with Crippen LogP contribution in [0.1, 0.15) is 62.5 Å². The molecule has 3 aliphatic rings. The van der Waals surface area contributed by atoms with Gasteiger partial charge in [-0.1, -0.05) is 19.3 Å². The number of ether oxygens (including phenoxy) is 2. The summed E-state index contributed by atoms with van der Waals surface area (Å²) in [5, 5.41) is 7.97. The number of nitrogens with one attached hydrogen (secondary N) is 1. The standard InChI is InChI=1S/C17H28N4O2/c1-2-6-17(7-3-1,21-8-12-23-13-9-21)16-18-15(19-20-16)14-4-10-22-11-5-14/h14H,1-13H2,(H,18,19,20). The van der Waals surface area contributed by atoms with Gasteiger partial charge in [0.2, 0.25) is 0 Å². The van der Waals surface area contributed by atoms with Gasteiger partial charge < -0.3 is 9.47 Å². The van der Waals surface area contributed by atoms with Crippen molar-refractivity contribution in [3.63, 3.8) is 0 Å². The van der Waals surface area contributed by atoms with Crippen LogP contribution < -0.4 is 0 Å². The Labute approximate surface area is 137 Å². The monoisotopic (exact) mass is 320 g/mol. The first-order chi connectivity index (χ1) is 11.4. The lowest BCUT2D eigenvalue weighted by molar-refractivity contribution is -0.0441. The van der Waals surface area contributed by atoms with Gasteiger partial charge in [0.25, 0.3) is 0 Å². The minimum absolute atomic E-state index is 0.0297. The van der Waals surface area contributed by atoms with Gasteiger partial charge in [0, 0.05) is 32.2 Å². The Hall–Kier alpha value is -0.980. The zero-order valence-electron chi connectivity index (χ0n) is 13.9. The molecule has 2 aliphatic heterocycles. The van der Waals surface area contributed by atoms with E-state index < -0.39 is 0 Å². The summed E-state index contributed by atoms with van der Waals surface area (Å²) in [6.45, 7) is 5.35. The molecule has 6 nitrogen and oxygen atoms in total. The van der Waals surface area contributed by atoms with Crippen molar-refractivity contribution >= 4 is 0 Å². The van der Waals surface area contributed by atoms with Crippen LogP contribution in [0.4, 0.5) is 0 Å². The van der Waals surface area contributed by atoms with E-state index in [2.05, 4.69) is 10.00 Å². The Morgan fingerprint density at radius 1 is 0.957 bits per heavy atom. The molecule has 3 heterocycles. The third-order valence-electron chi connectivity index (χ3n) is 5.82. The highest BCUT2D eigenvalue weighted by atomic mass is 16.5. The summed E-state index contributed by atoms with van der Waals surface area (Å²) >= 11 is 0. The summed E-state index contributed by atoms with van der Waals surface area (Å²) < 4.78 is 11.0. The minimum Gasteiger partial charge on any atom is -0.381 e. The Balaban J connectivity index is 1.59. The summed E-state index contributed by atoms with van der Waals surface area (Å²) in [4.78, 5) is 7.59. The zero-order valence-corrected chi connectivity index (χ0v) is 13.9. The third kappa shape index (κ3) is 3.04. The number of H-pyrrole nitrogens is 1. The topological polar surface area (TPSA) is 63.3 Å². The molecule has 0 amide bonds. The highest BCUT2D eigenvalue weighted by molar-refractivity contribution is 5.11. The van der Waals surface area contributed by atoms with Gasteiger partial charge >= 0.3 is 0 Å². The molecule has 6 heteroatoms. The van der Waals surface area contributed by atoms with Crippen molar-refractivity contribution in [1.29, 1.82) is 0 Å². The van der Waals surface area contributed by atoms with Crippen LogP contribution in [0.2, 0.25) is 0 Å². The van der Waals surface area contributed by atoms with Crippen molar-refractivity contribution in [2.75, 3.05) is 39.5 Å². The van der Waals surface area contributed by atoms with Crippen molar-refractivity contribution in [3.8, 4) is 0 Å². The van der Waals surface area contributed by atoms with Crippen LogP contribution in [0, 0.1) is 0 Å². The van der Waals surface area contributed by atoms with Crippen molar-refractivity contribution in [1.82, 2.24) is 20.1 Å². The highest BCUT2D eigenvalue weighted by Crippen LogP contribution is 2.41. The molecule has 1 aromatic rings. The summed E-state index contributed by atoms with van der Waals surface area (Å²) in [6, 6.07) is 0. The first-order valence-electron chi connectivity index (χ1n) is 9.22. The van der Waals surface area contributed by atoms with E-state index in [0.717, 1.165) is 64.0 Å². The summed E-state index contributed by atoms with van der Waals surface area (Å²) in [7, 11) is 0. The van der Waals surface area contributed by atoms with Gasteiger partial charge in [0.05, 0.1) is 18.8 Å². The lowest BCUT2D eigenvalue weighted by atomic mass is 9.79. The van der Waals surface area contributed by atoms with E-state index in [-0.39, 0.29) is 5.54 Å². The molecule has 0 bridgehead atoms. The van der Waals surface area contributed by atoms with Crippen LogP contribution >= 0.6 is 0 Å². The van der Waals surface area contributed by atoms with Crippen LogP contribution in [0.5, 0.6) is 0 Å². The minimum atomic E-state index is 0.0297. The average molecular weight is 320 g/mol. The van der Waals surface area contributed by atoms with Gasteiger partial charge in [0.1, 0.15) is 5.82 Å². The van der Waals surface area contributed by atoms with Gasteiger partial charge in [0.15, 0.2) is 5.82 Å². The van der Waals surface area contributed by atoms with Crippen LogP contribution in [0.25, 0.3) is 0 Å². The molecule has 0 radical (unpaired) electrons. The second kappa shape index (κ2) is 6.87. The molecule has 0 aromatic carbocycles. The summed E-state index contributed by atoms with van der Waals surface area (Å²) in [5.41, 5.74) is 0.0297. The van der Waals surface area contributed by atoms with E-state index in [1.54, 1.807) is 0 Å². The second-order valence-corrected chi connectivity index (χ2v) is 7.12. The Kier molecular flexibility index (Phi) is 4.64. The van der Waals surface area contributed by atoms with Crippen LogP contribution in [-0.4, -0.2) is 59.6 Å². The normalized spacial score (nSPS) is 27.1. The molecule has 2 saturated heterocycles. The molecular weight excluding hydrogens is 292 g/mol. The Bertz CT molecular complexity index is 500. The molecular formula is C17H28N4O2. The maximum atomic E-state index is 5.57. The van der Waals surface area contributed by atoms with E-state index in [1.807, 2.05) is 0 Å². The van der Waals surface area contributed by atoms with Gasteiger partial charge in [-0.3, -0.25) is 10.00 Å². The number of morpholine rings is 1. The summed E-state index contributed by atoms with van der Waals surface area (Å²) in [6.07, 6.45) is 8.36. The van der Waals surface area contributed by atoms with Crippen molar-refractivity contribution < 1.29 is 9.47 Å². The molecule has 128 valence electrons. The van der Waals surface area contributed by atoms with Crippen molar-refractivity contribution in [2.45, 2.75) is 56.4 Å². The molecule has 0 unspecified atom stereocenters. The molecule has 1 aromatic heterocycles. The Morgan fingerprint density at radius 3 is 2.39 bits per heavy atom. The van der Waals surface area contributed by atoms with Crippen molar-refractivity contribution in [2.24, 2.45) is 0 Å². The fourth-order valence-corrected chi connectivity index (χ4v) is 4.45. The van der Waals surface area contributed by atoms with Gasteiger partial charge in [-0.05, 0) is 25.7 Å². The van der Waals surface area contributed by atoms with E-state index in [0.29, 0.717) is 5.92 Å². The first kappa shape index (κ1) is 15.5. The maximum Gasteiger partial charge on any atom is 0.170 e. The zero-order chi connectivity index (χ0) is 15.5. The van der Waals surface area contributed by atoms with Gasteiger partial charge in [-0.2, -0.15) is 5.10 Å². The SMILES string of the molecule is C1CCC(c2n[nH]c(C3CCOCC3)n2)(N2CCOCC2)CC1. The fraction of sp³-hybridized carbons (Fsp3) is 0.882. The highest BCUT2D eigenvalue weighted by Gasteiger charge is 2.43. The molecule has 1 N–H and O–H groups in total. The number of aromatic amines is 1. The number of hydrogen-bond acceptors (Lipinski definition) is 5.